The molecule has 116 valence electrons. The Labute approximate surface area is 127 Å². The third kappa shape index (κ3) is 3.03. The van der Waals surface area contributed by atoms with Gasteiger partial charge in [-0.2, -0.15) is 5.10 Å². The van der Waals surface area contributed by atoms with Gasteiger partial charge in [0.2, 0.25) is 0 Å². The molecule has 1 aromatic rings. The zero-order valence-corrected chi connectivity index (χ0v) is 12.6. The first-order chi connectivity index (χ1) is 9.89. The van der Waals surface area contributed by atoms with E-state index in [1.807, 2.05) is 6.92 Å². The molecule has 1 saturated heterocycles. The van der Waals surface area contributed by atoms with Gasteiger partial charge in [-0.25, -0.2) is 4.68 Å². The molecule has 1 aliphatic heterocycles. The second-order valence-corrected chi connectivity index (χ2v) is 5.74. The number of nitrogens with two attached hydrogens (primary N) is 1. The smallest absolute Gasteiger partial charge is 0.325 e. The lowest BCUT2D eigenvalue weighted by Crippen LogP contribution is -2.50. The summed E-state index contributed by atoms with van der Waals surface area (Å²) in [6.45, 7) is 3.09. The lowest BCUT2D eigenvalue weighted by Gasteiger charge is -2.22. The molecule has 8 heteroatoms. The summed E-state index contributed by atoms with van der Waals surface area (Å²) in [5, 5.41) is 13.3. The highest BCUT2D eigenvalue weighted by Gasteiger charge is 2.42. The molecule has 2 rings (SSSR count). The molecule has 2 heterocycles. The van der Waals surface area contributed by atoms with Gasteiger partial charge in [-0.15, -0.1) is 0 Å². The van der Waals surface area contributed by atoms with Crippen LogP contribution in [-0.2, 0) is 11.3 Å². The summed E-state index contributed by atoms with van der Waals surface area (Å²) in [6.07, 6.45) is 3.61. The maximum Gasteiger partial charge on any atom is 0.325 e. The number of nitrogens with zero attached hydrogens (tertiary/aromatic N) is 3. The fourth-order valence-corrected chi connectivity index (χ4v) is 2.62. The summed E-state index contributed by atoms with van der Waals surface area (Å²) in [5.74, 6) is -1.05. The fraction of sp³-hybridized carbons (Fsp3) is 0.615. The molecule has 3 N–H and O–H groups in total. The van der Waals surface area contributed by atoms with Crippen molar-refractivity contribution in [3.63, 3.8) is 0 Å². The summed E-state index contributed by atoms with van der Waals surface area (Å²) in [6, 6.07) is 0. The number of aromatic nitrogens is 2. The second kappa shape index (κ2) is 6.03. The van der Waals surface area contributed by atoms with E-state index < -0.39 is 11.5 Å². The Morgan fingerprint density at radius 3 is 2.90 bits per heavy atom. The third-order valence-electron chi connectivity index (χ3n) is 3.76. The van der Waals surface area contributed by atoms with Gasteiger partial charge in [0.05, 0.1) is 11.9 Å². The summed E-state index contributed by atoms with van der Waals surface area (Å²) < 4.78 is 1.33. The van der Waals surface area contributed by atoms with Gasteiger partial charge in [-0.1, -0.05) is 24.9 Å². The molecule has 1 unspecified atom stereocenters. The van der Waals surface area contributed by atoms with Gasteiger partial charge in [0.15, 0.2) is 0 Å². The van der Waals surface area contributed by atoms with Gasteiger partial charge in [0.25, 0.3) is 5.56 Å². The van der Waals surface area contributed by atoms with Crippen molar-refractivity contribution in [1.82, 2.24) is 9.78 Å². The Morgan fingerprint density at radius 1 is 1.62 bits per heavy atom. The van der Waals surface area contributed by atoms with E-state index >= 15 is 0 Å². The van der Waals surface area contributed by atoms with Crippen LogP contribution < -0.4 is 16.2 Å². The van der Waals surface area contributed by atoms with Crippen molar-refractivity contribution < 1.29 is 9.90 Å². The Balaban J connectivity index is 2.25. The number of carboxylic acid groups (broad SMARTS) is 1. The average molecular weight is 315 g/mol. The minimum atomic E-state index is -1.31. The molecule has 0 radical (unpaired) electrons. The quantitative estimate of drug-likeness (QED) is 0.829. The van der Waals surface area contributed by atoms with Crippen LogP contribution in [-0.4, -0.2) is 39.5 Å². The lowest BCUT2D eigenvalue weighted by atomic mass is 10.0. The van der Waals surface area contributed by atoms with Crippen LogP contribution in [0.25, 0.3) is 0 Å². The molecule has 1 atom stereocenters. The highest BCUT2D eigenvalue weighted by atomic mass is 35.5. The van der Waals surface area contributed by atoms with Crippen LogP contribution >= 0.6 is 11.6 Å². The summed E-state index contributed by atoms with van der Waals surface area (Å²) in [4.78, 5) is 25.0. The molecule has 21 heavy (non-hydrogen) atoms. The number of carbonyl (C=O) groups is 1. The predicted octanol–water partition coefficient (Wildman–Crippen LogP) is 0.689. The number of halogens is 1. The van der Waals surface area contributed by atoms with Crippen LogP contribution in [0.2, 0.25) is 5.02 Å². The van der Waals surface area contributed by atoms with E-state index in [1.54, 1.807) is 4.90 Å². The topological polar surface area (TPSA) is 101 Å². The molecule has 0 aromatic carbocycles. The Morgan fingerprint density at radius 2 is 2.33 bits per heavy atom. The van der Waals surface area contributed by atoms with E-state index in [0.29, 0.717) is 25.2 Å². The molecule has 1 aliphatic rings. The minimum absolute atomic E-state index is 0.0655. The number of hydrogen-bond donors (Lipinski definition) is 2. The molecule has 0 amide bonds. The van der Waals surface area contributed by atoms with Crippen LogP contribution in [0.5, 0.6) is 0 Å². The molecule has 7 nitrogen and oxygen atoms in total. The summed E-state index contributed by atoms with van der Waals surface area (Å²) >= 11 is 6.13. The number of aryl methyl sites for hydroxylation is 1. The highest BCUT2D eigenvalue weighted by Crippen LogP contribution is 2.28. The van der Waals surface area contributed by atoms with Crippen molar-refractivity contribution in [3.8, 4) is 0 Å². The van der Waals surface area contributed by atoms with Crippen molar-refractivity contribution in [2.45, 2.75) is 38.3 Å². The predicted molar refractivity (Wildman–Crippen MR) is 79.8 cm³/mol. The van der Waals surface area contributed by atoms with Crippen LogP contribution in [0.3, 0.4) is 0 Å². The van der Waals surface area contributed by atoms with Crippen LogP contribution in [0, 0.1) is 0 Å². The van der Waals surface area contributed by atoms with Crippen LogP contribution in [0.15, 0.2) is 11.0 Å². The fourth-order valence-electron chi connectivity index (χ4n) is 2.36. The molecule has 0 saturated carbocycles. The van der Waals surface area contributed by atoms with Crippen molar-refractivity contribution in [2.75, 3.05) is 18.0 Å². The number of hydrogen-bond acceptors (Lipinski definition) is 5. The van der Waals surface area contributed by atoms with Crippen LogP contribution in [0.1, 0.15) is 26.2 Å². The lowest BCUT2D eigenvalue weighted by molar-refractivity contribution is -0.142. The van der Waals surface area contributed by atoms with Gasteiger partial charge in [-0.3, -0.25) is 9.59 Å². The van der Waals surface area contributed by atoms with E-state index in [4.69, 9.17) is 22.4 Å². The van der Waals surface area contributed by atoms with Crippen molar-refractivity contribution in [1.29, 1.82) is 0 Å². The zero-order valence-electron chi connectivity index (χ0n) is 11.9. The monoisotopic (exact) mass is 314 g/mol. The largest absolute Gasteiger partial charge is 0.480 e. The maximum absolute atomic E-state index is 12.1. The number of carboxylic acids is 1. The van der Waals surface area contributed by atoms with E-state index in [-0.39, 0.29) is 17.1 Å². The highest BCUT2D eigenvalue weighted by molar-refractivity contribution is 6.33. The van der Waals surface area contributed by atoms with Gasteiger partial charge >= 0.3 is 5.97 Å². The first-order valence-corrected chi connectivity index (χ1v) is 7.29. The maximum atomic E-state index is 12.1. The molecule has 0 bridgehead atoms. The molecule has 0 spiro atoms. The van der Waals surface area contributed by atoms with Crippen molar-refractivity contribution >= 4 is 23.3 Å². The van der Waals surface area contributed by atoms with Gasteiger partial charge in [-0.05, 0) is 12.8 Å². The first kappa shape index (κ1) is 15.8. The van der Waals surface area contributed by atoms with Crippen LogP contribution in [0.4, 0.5) is 5.69 Å². The summed E-state index contributed by atoms with van der Waals surface area (Å²) in [7, 11) is 0. The molecular weight excluding hydrogens is 296 g/mol. The first-order valence-electron chi connectivity index (χ1n) is 6.92. The molecular formula is C13H19ClN4O3. The summed E-state index contributed by atoms with van der Waals surface area (Å²) in [5.41, 5.74) is 4.61. The Kier molecular flexibility index (Phi) is 4.53. The van der Waals surface area contributed by atoms with Gasteiger partial charge < -0.3 is 15.7 Å². The van der Waals surface area contributed by atoms with E-state index in [2.05, 4.69) is 5.10 Å². The second-order valence-electron chi connectivity index (χ2n) is 5.36. The number of aliphatic carboxylic acids is 1. The minimum Gasteiger partial charge on any atom is -0.480 e. The number of rotatable bonds is 5. The van der Waals surface area contributed by atoms with E-state index in [9.17, 15) is 9.59 Å². The number of anilines is 1. The Bertz CT molecular complexity index is 604. The van der Waals surface area contributed by atoms with Crippen molar-refractivity contribution in [2.24, 2.45) is 5.73 Å². The van der Waals surface area contributed by atoms with E-state index in [0.717, 1.165) is 12.8 Å². The van der Waals surface area contributed by atoms with Gasteiger partial charge in [0, 0.05) is 19.6 Å². The molecule has 0 aliphatic carbocycles. The van der Waals surface area contributed by atoms with E-state index in [1.165, 1.54) is 10.9 Å². The molecule has 1 fully saturated rings. The zero-order chi connectivity index (χ0) is 15.6. The molecule has 1 aromatic heterocycles. The Hall–Kier alpha value is -1.60. The van der Waals surface area contributed by atoms with Crippen molar-refractivity contribution in [3.05, 3.63) is 21.6 Å². The SMILES string of the molecule is CCCCn1ncc(N2CCC(N)(C(=O)O)C2)c(Cl)c1=O. The standard InChI is InChI=1S/C13H19ClN4O3/c1-2-3-5-18-11(19)10(14)9(7-16-18)17-6-4-13(15,8-17)12(20)21/h7H,2-6,8,15H2,1H3,(H,20,21). The van der Waals surface area contributed by atoms with Gasteiger partial charge in [0.1, 0.15) is 10.6 Å². The normalized spacial score (nSPS) is 21.8. The third-order valence-corrected chi connectivity index (χ3v) is 4.11. The number of unbranched alkanes of at least 4 members (excludes halogenated alkanes) is 1. The average Bonchev–Trinajstić information content (AvgIpc) is 2.84.